The molecule has 1 nitrogen and oxygen atoms in total. The van der Waals surface area contributed by atoms with Gasteiger partial charge in [-0.25, -0.2) is 0 Å². The second-order valence-electron chi connectivity index (χ2n) is 5.72. The Labute approximate surface area is 143 Å². The number of thiophene rings is 2. The Bertz CT molecular complexity index is 564. The first kappa shape index (κ1) is 15.7. The Hall–Kier alpha value is -0.160. The molecular weight excluding hydrogens is 362 g/mol. The van der Waals surface area contributed by atoms with Gasteiger partial charge in [-0.15, -0.1) is 22.7 Å². The molecule has 114 valence electrons. The van der Waals surface area contributed by atoms with E-state index in [0.717, 1.165) is 13.0 Å². The average molecular weight is 384 g/mol. The van der Waals surface area contributed by atoms with E-state index in [9.17, 15) is 0 Å². The maximum Gasteiger partial charge on any atom is 0.0701 e. The fourth-order valence-corrected chi connectivity index (χ4v) is 5.80. The highest BCUT2D eigenvalue weighted by Gasteiger charge is 2.19. The van der Waals surface area contributed by atoms with Gasteiger partial charge in [0.1, 0.15) is 0 Å². The Morgan fingerprint density at radius 3 is 2.81 bits per heavy atom. The lowest BCUT2D eigenvalue weighted by molar-refractivity contribution is 0.539. The van der Waals surface area contributed by atoms with Gasteiger partial charge in [0.15, 0.2) is 0 Å². The zero-order valence-electron chi connectivity index (χ0n) is 12.5. The van der Waals surface area contributed by atoms with Crippen LogP contribution in [0.5, 0.6) is 0 Å². The molecule has 0 amide bonds. The molecule has 0 aromatic carbocycles. The van der Waals surface area contributed by atoms with Crippen LogP contribution in [0.15, 0.2) is 22.0 Å². The van der Waals surface area contributed by atoms with E-state index in [1.807, 2.05) is 11.3 Å². The van der Waals surface area contributed by atoms with E-state index < -0.39 is 0 Å². The zero-order valence-corrected chi connectivity index (χ0v) is 15.7. The van der Waals surface area contributed by atoms with Gasteiger partial charge in [-0.2, -0.15) is 0 Å². The second kappa shape index (κ2) is 7.40. The zero-order chi connectivity index (χ0) is 14.7. The van der Waals surface area contributed by atoms with Crippen LogP contribution in [0, 0.1) is 0 Å². The van der Waals surface area contributed by atoms with Crippen LogP contribution in [0.3, 0.4) is 0 Å². The van der Waals surface area contributed by atoms with Gasteiger partial charge in [-0.05, 0) is 78.3 Å². The molecule has 0 radical (unpaired) electrons. The summed E-state index contributed by atoms with van der Waals surface area (Å²) in [6.07, 6.45) is 7.62. The number of aryl methyl sites for hydroxylation is 2. The van der Waals surface area contributed by atoms with E-state index in [1.54, 1.807) is 15.3 Å². The largest absolute Gasteiger partial charge is 0.309 e. The standard InChI is InChI=1S/C17H22BrNS2/c1-2-9-19-14(11-13-7-8-17(18)20-13)16-10-12-5-3-4-6-15(12)21-16/h7-8,10,14,19H,2-6,9,11H2,1H3. The Kier molecular flexibility index (Phi) is 5.54. The Balaban J connectivity index is 1.79. The van der Waals surface area contributed by atoms with Crippen molar-refractivity contribution in [3.05, 3.63) is 42.2 Å². The molecular formula is C17H22BrNS2. The van der Waals surface area contributed by atoms with E-state index in [4.69, 9.17) is 0 Å². The van der Waals surface area contributed by atoms with Crippen LogP contribution in [-0.4, -0.2) is 6.54 Å². The molecule has 0 fully saturated rings. The summed E-state index contributed by atoms with van der Waals surface area (Å²) in [7, 11) is 0. The Morgan fingerprint density at radius 1 is 1.24 bits per heavy atom. The molecule has 1 aliphatic carbocycles. The third kappa shape index (κ3) is 3.98. The maximum absolute atomic E-state index is 3.75. The minimum Gasteiger partial charge on any atom is -0.309 e. The molecule has 1 unspecified atom stereocenters. The molecule has 4 heteroatoms. The van der Waals surface area contributed by atoms with E-state index in [1.165, 1.54) is 40.8 Å². The van der Waals surface area contributed by atoms with E-state index in [0.29, 0.717) is 6.04 Å². The molecule has 2 heterocycles. The molecule has 1 N–H and O–H groups in total. The number of hydrogen-bond acceptors (Lipinski definition) is 3. The summed E-state index contributed by atoms with van der Waals surface area (Å²) in [4.78, 5) is 4.65. The van der Waals surface area contributed by atoms with Crippen molar-refractivity contribution < 1.29 is 0 Å². The van der Waals surface area contributed by atoms with Crippen molar-refractivity contribution in [3.8, 4) is 0 Å². The van der Waals surface area contributed by atoms with Crippen LogP contribution in [-0.2, 0) is 19.3 Å². The van der Waals surface area contributed by atoms with Crippen LogP contribution in [0.1, 0.15) is 52.4 Å². The van der Waals surface area contributed by atoms with Gasteiger partial charge in [-0.3, -0.25) is 0 Å². The summed E-state index contributed by atoms with van der Waals surface area (Å²) < 4.78 is 1.23. The minimum atomic E-state index is 0.478. The monoisotopic (exact) mass is 383 g/mol. The van der Waals surface area contributed by atoms with Crippen molar-refractivity contribution in [2.75, 3.05) is 6.54 Å². The van der Waals surface area contributed by atoms with Crippen molar-refractivity contribution in [3.63, 3.8) is 0 Å². The van der Waals surface area contributed by atoms with E-state index in [2.05, 4.69) is 57.7 Å². The molecule has 0 saturated heterocycles. The SMILES string of the molecule is CCCNC(Cc1ccc(Br)s1)c1cc2c(s1)CCCC2. The normalized spacial score (nSPS) is 15.9. The highest BCUT2D eigenvalue weighted by Crippen LogP contribution is 2.35. The molecule has 1 atom stereocenters. The highest BCUT2D eigenvalue weighted by atomic mass is 79.9. The summed E-state index contributed by atoms with van der Waals surface area (Å²) in [5.74, 6) is 0. The molecule has 21 heavy (non-hydrogen) atoms. The van der Waals surface area contributed by atoms with Crippen molar-refractivity contribution in [2.45, 2.75) is 51.5 Å². The van der Waals surface area contributed by atoms with Gasteiger partial charge in [0.25, 0.3) is 0 Å². The van der Waals surface area contributed by atoms with Gasteiger partial charge in [0, 0.05) is 27.1 Å². The second-order valence-corrected chi connectivity index (χ2v) is 9.44. The van der Waals surface area contributed by atoms with Crippen LogP contribution < -0.4 is 5.32 Å². The van der Waals surface area contributed by atoms with Crippen molar-refractivity contribution in [1.29, 1.82) is 0 Å². The predicted molar refractivity (Wildman–Crippen MR) is 97.7 cm³/mol. The smallest absolute Gasteiger partial charge is 0.0701 e. The molecule has 3 rings (SSSR count). The van der Waals surface area contributed by atoms with Gasteiger partial charge in [-0.1, -0.05) is 6.92 Å². The fourth-order valence-electron chi connectivity index (χ4n) is 2.94. The summed E-state index contributed by atoms with van der Waals surface area (Å²) in [6, 6.07) is 7.38. The molecule has 0 aliphatic heterocycles. The van der Waals surface area contributed by atoms with Crippen LogP contribution in [0.4, 0.5) is 0 Å². The van der Waals surface area contributed by atoms with Gasteiger partial charge in [0.2, 0.25) is 0 Å². The topological polar surface area (TPSA) is 12.0 Å². The first-order chi connectivity index (χ1) is 10.3. The maximum atomic E-state index is 3.75. The molecule has 0 saturated carbocycles. The van der Waals surface area contributed by atoms with Crippen LogP contribution in [0.2, 0.25) is 0 Å². The van der Waals surface area contributed by atoms with Gasteiger partial charge in [0.05, 0.1) is 3.79 Å². The number of rotatable bonds is 6. The first-order valence-electron chi connectivity index (χ1n) is 7.85. The molecule has 0 bridgehead atoms. The Morgan fingerprint density at radius 2 is 2.10 bits per heavy atom. The number of hydrogen-bond donors (Lipinski definition) is 1. The van der Waals surface area contributed by atoms with Crippen molar-refractivity contribution in [1.82, 2.24) is 5.32 Å². The molecule has 2 aromatic rings. The van der Waals surface area contributed by atoms with E-state index >= 15 is 0 Å². The predicted octanol–water partition coefficient (Wildman–Crippen LogP) is 5.73. The lowest BCUT2D eigenvalue weighted by Crippen LogP contribution is -2.23. The number of halogens is 1. The molecule has 0 spiro atoms. The molecule has 1 aliphatic rings. The number of fused-ring (bicyclic) bond motifs is 1. The number of nitrogens with one attached hydrogen (secondary N) is 1. The lowest BCUT2D eigenvalue weighted by atomic mass is 9.98. The molecule has 2 aromatic heterocycles. The van der Waals surface area contributed by atoms with Gasteiger partial charge < -0.3 is 5.32 Å². The first-order valence-corrected chi connectivity index (χ1v) is 10.3. The van der Waals surface area contributed by atoms with Gasteiger partial charge >= 0.3 is 0 Å². The summed E-state index contributed by atoms with van der Waals surface area (Å²) in [5.41, 5.74) is 1.62. The summed E-state index contributed by atoms with van der Waals surface area (Å²) >= 11 is 7.49. The fraction of sp³-hybridized carbons (Fsp3) is 0.529. The van der Waals surface area contributed by atoms with Crippen molar-refractivity contribution >= 4 is 38.6 Å². The minimum absolute atomic E-state index is 0.478. The summed E-state index contributed by atoms with van der Waals surface area (Å²) in [6.45, 7) is 3.34. The highest BCUT2D eigenvalue weighted by molar-refractivity contribution is 9.11. The lowest BCUT2D eigenvalue weighted by Gasteiger charge is -2.16. The summed E-state index contributed by atoms with van der Waals surface area (Å²) in [5, 5.41) is 3.75. The third-order valence-electron chi connectivity index (χ3n) is 4.03. The third-order valence-corrected chi connectivity index (χ3v) is 7.03. The van der Waals surface area contributed by atoms with Crippen LogP contribution >= 0.6 is 38.6 Å². The average Bonchev–Trinajstić information content (AvgIpc) is 3.09. The quantitative estimate of drug-likeness (QED) is 0.670. The van der Waals surface area contributed by atoms with Crippen LogP contribution in [0.25, 0.3) is 0 Å². The van der Waals surface area contributed by atoms with Crippen molar-refractivity contribution in [2.24, 2.45) is 0 Å². The van der Waals surface area contributed by atoms with E-state index in [-0.39, 0.29) is 0 Å².